The maximum Gasteiger partial charge on any atom is 0.446 e. The number of nitrogens with two attached hydrogens (primary N) is 1. The van der Waals surface area contributed by atoms with Gasteiger partial charge in [-0.3, -0.25) is 4.52 Å². The van der Waals surface area contributed by atoms with Crippen molar-refractivity contribution in [1.82, 2.24) is 24.8 Å². The zero-order chi connectivity index (χ0) is 19.6. The van der Waals surface area contributed by atoms with E-state index in [4.69, 9.17) is 21.5 Å². The predicted octanol–water partition coefficient (Wildman–Crippen LogP) is -0.160. The van der Waals surface area contributed by atoms with Crippen LogP contribution in [-0.4, -0.2) is 41.6 Å². The average molecular weight is 421 g/mol. The third-order valence-electron chi connectivity index (χ3n) is 3.08. The molecule has 0 saturated carbocycles. The van der Waals surface area contributed by atoms with Crippen LogP contribution >= 0.6 is 11.6 Å². The van der Waals surface area contributed by atoms with Crippen molar-refractivity contribution in [2.24, 2.45) is 5.14 Å². The molecule has 2 aromatic heterocycles. The molecule has 15 heteroatoms. The molecule has 3 aromatic rings. The molecule has 0 saturated heterocycles. The summed E-state index contributed by atoms with van der Waals surface area (Å²) < 4.78 is 52.3. The van der Waals surface area contributed by atoms with Crippen molar-refractivity contribution in [3.63, 3.8) is 0 Å². The minimum absolute atomic E-state index is 0.114. The molecule has 0 amide bonds. The highest BCUT2D eigenvalue weighted by Gasteiger charge is 2.24. The van der Waals surface area contributed by atoms with E-state index in [2.05, 4.69) is 24.6 Å². The summed E-state index contributed by atoms with van der Waals surface area (Å²) in [5.74, 6) is -1.93. The van der Waals surface area contributed by atoms with Gasteiger partial charge in [0.1, 0.15) is 12.4 Å². The van der Waals surface area contributed by atoms with Crippen LogP contribution in [-0.2, 0) is 10.2 Å². The minimum atomic E-state index is -3.88. The first-order valence-corrected chi connectivity index (χ1v) is 8.96. The highest BCUT2D eigenvalue weighted by molar-refractivity contribution is 7.87. The second kappa shape index (κ2) is 7.43. The minimum Gasteiger partial charge on any atom is -0.472 e. The summed E-state index contributed by atoms with van der Waals surface area (Å²) in [5, 5.41) is 15.2. The van der Waals surface area contributed by atoms with Gasteiger partial charge in [-0.25, -0.2) is 23.5 Å². The van der Waals surface area contributed by atoms with Crippen molar-refractivity contribution in [3.05, 3.63) is 39.6 Å². The van der Waals surface area contributed by atoms with Crippen LogP contribution < -0.4 is 20.4 Å². The van der Waals surface area contributed by atoms with E-state index in [0.29, 0.717) is 0 Å². The third kappa shape index (κ3) is 4.30. The number of benzene rings is 1. The molecule has 27 heavy (non-hydrogen) atoms. The Morgan fingerprint density at radius 3 is 2.81 bits per heavy atom. The predicted molar refractivity (Wildman–Crippen MR) is 87.0 cm³/mol. The van der Waals surface area contributed by atoms with Gasteiger partial charge in [-0.15, -0.1) is 0 Å². The molecule has 0 bridgehead atoms. The van der Waals surface area contributed by atoms with Gasteiger partial charge in [-0.05, 0) is 28.5 Å². The number of halogens is 2. The largest absolute Gasteiger partial charge is 0.472 e. The number of aromatic nitrogens is 4. The highest BCUT2D eigenvalue weighted by Crippen LogP contribution is 2.27. The first-order valence-electron chi connectivity index (χ1n) is 7.03. The number of nitrogens with one attached hydrogen (secondary N) is 1. The van der Waals surface area contributed by atoms with Crippen LogP contribution in [0.4, 0.5) is 4.39 Å². The molecule has 0 aliphatic rings. The maximum absolute atomic E-state index is 13.4. The van der Waals surface area contributed by atoms with E-state index in [9.17, 15) is 17.6 Å². The van der Waals surface area contributed by atoms with Crippen molar-refractivity contribution < 1.29 is 26.7 Å². The van der Waals surface area contributed by atoms with E-state index >= 15 is 0 Å². The van der Waals surface area contributed by atoms with Gasteiger partial charge in [0.25, 0.3) is 16.1 Å². The van der Waals surface area contributed by atoms with Gasteiger partial charge >= 0.3 is 5.76 Å². The molecule has 1 aromatic carbocycles. The second-order valence-electron chi connectivity index (χ2n) is 4.91. The van der Waals surface area contributed by atoms with E-state index in [0.717, 1.165) is 10.6 Å². The summed E-state index contributed by atoms with van der Waals surface area (Å²) in [6.45, 7) is -0.341. The summed E-state index contributed by atoms with van der Waals surface area (Å²) in [4.78, 5) is 12.0. The number of nitrogens with zero attached hydrogens (tertiary/aromatic N) is 4. The summed E-state index contributed by atoms with van der Waals surface area (Å²) in [7, 11) is -3.88. The van der Waals surface area contributed by atoms with E-state index in [1.54, 1.807) is 0 Å². The van der Waals surface area contributed by atoms with Crippen LogP contribution in [0.2, 0.25) is 5.02 Å². The molecule has 0 radical (unpaired) electrons. The van der Waals surface area contributed by atoms with E-state index < -0.39 is 21.8 Å². The fourth-order valence-electron chi connectivity index (χ4n) is 1.99. The Morgan fingerprint density at radius 1 is 1.33 bits per heavy atom. The zero-order valence-corrected chi connectivity index (χ0v) is 14.7. The van der Waals surface area contributed by atoms with E-state index in [-0.39, 0.29) is 41.3 Å². The fraction of sp³-hybridized carbons (Fsp3) is 0.167. The second-order valence-corrected chi connectivity index (χ2v) is 6.70. The van der Waals surface area contributed by atoms with Crippen LogP contribution in [0, 0.1) is 5.82 Å². The standard InChI is InChI=1S/C12H10ClFN6O6S/c13-7-5-6(1-2-8(7)14)20-10(18-25-12(20)21)9-11(19-26-17-9)24-4-3-16-27(15,22)23/h1-2,5,16H,3-4H2,(H2,15,22,23). The molecule has 0 spiro atoms. The molecular weight excluding hydrogens is 411 g/mol. The topological polar surface area (TPSA) is 168 Å². The Balaban J connectivity index is 1.89. The van der Waals surface area contributed by atoms with Crippen molar-refractivity contribution in [2.45, 2.75) is 0 Å². The summed E-state index contributed by atoms with van der Waals surface area (Å²) >= 11 is 5.73. The maximum atomic E-state index is 13.4. The van der Waals surface area contributed by atoms with Crippen LogP contribution in [0.1, 0.15) is 0 Å². The monoisotopic (exact) mass is 420 g/mol. The Labute approximate surface area is 154 Å². The third-order valence-corrected chi connectivity index (χ3v) is 3.98. The van der Waals surface area contributed by atoms with Crippen LogP contribution in [0.3, 0.4) is 0 Å². The molecule has 0 aliphatic heterocycles. The summed E-state index contributed by atoms with van der Waals surface area (Å²) in [6.07, 6.45) is 0. The number of hydrogen-bond donors (Lipinski definition) is 2. The normalized spacial score (nSPS) is 11.7. The van der Waals surface area contributed by atoms with Gasteiger partial charge in [0.2, 0.25) is 11.5 Å². The van der Waals surface area contributed by atoms with Crippen molar-refractivity contribution in [2.75, 3.05) is 13.2 Å². The fourth-order valence-corrected chi connectivity index (χ4v) is 2.54. The van der Waals surface area contributed by atoms with Crippen molar-refractivity contribution in [1.29, 1.82) is 0 Å². The average Bonchev–Trinajstić information content (AvgIpc) is 3.19. The molecule has 12 nitrogen and oxygen atoms in total. The lowest BCUT2D eigenvalue weighted by atomic mass is 10.3. The van der Waals surface area contributed by atoms with Crippen molar-refractivity contribution >= 4 is 21.8 Å². The molecule has 3 rings (SSSR count). The first-order chi connectivity index (χ1) is 12.8. The van der Waals surface area contributed by atoms with Gasteiger partial charge < -0.3 is 4.74 Å². The molecule has 3 N–H and O–H groups in total. The molecule has 0 unspecified atom stereocenters. The SMILES string of the molecule is NS(=O)(=O)NCCOc1nonc1-c1noc(=O)n1-c1ccc(F)c(Cl)c1. The van der Waals surface area contributed by atoms with E-state index in [1.807, 2.05) is 4.72 Å². The Bertz CT molecular complexity index is 1130. The van der Waals surface area contributed by atoms with Gasteiger partial charge in [0.05, 0.1) is 10.7 Å². The molecule has 0 fully saturated rings. The summed E-state index contributed by atoms with van der Waals surface area (Å²) in [5.41, 5.74) is 0.0318. The van der Waals surface area contributed by atoms with Crippen LogP contribution in [0.5, 0.6) is 5.88 Å². The highest BCUT2D eigenvalue weighted by atomic mass is 35.5. The van der Waals surface area contributed by atoms with Gasteiger partial charge in [0.15, 0.2) is 0 Å². The number of rotatable bonds is 7. The Morgan fingerprint density at radius 2 is 2.11 bits per heavy atom. The first kappa shape index (κ1) is 19.0. The Hall–Kier alpha value is -2.81. The number of ether oxygens (including phenoxy) is 1. The lowest BCUT2D eigenvalue weighted by Crippen LogP contribution is -2.33. The van der Waals surface area contributed by atoms with E-state index in [1.165, 1.54) is 12.1 Å². The van der Waals surface area contributed by atoms with Crippen LogP contribution in [0.15, 0.2) is 32.1 Å². The molecular formula is C12H10ClFN6O6S. The van der Waals surface area contributed by atoms with Gasteiger partial charge in [-0.2, -0.15) is 13.1 Å². The molecule has 0 aliphatic carbocycles. The molecule has 144 valence electrons. The van der Waals surface area contributed by atoms with Gasteiger partial charge in [0, 0.05) is 6.54 Å². The molecule has 2 heterocycles. The smallest absolute Gasteiger partial charge is 0.446 e. The molecule has 0 atom stereocenters. The van der Waals surface area contributed by atoms with Crippen molar-refractivity contribution in [3.8, 4) is 23.1 Å². The van der Waals surface area contributed by atoms with Crippen LogP contribution in [0.25, 0.3) is 17.2 Å². The quantitative estimate of drug-likeness (QED) is 0.493. The lowest BCUT2D eigenvalue weighted by Gasteiger charge is -2.05. The summed E-state index contributed by atoms with van der Waals surface area (Å²) in [6, 6.07) is 3.51. The Kier molecular flexibility index (Phi) is 5.22. The van der Waals surface area contributed by atoms with Gasteiger partial charge in [-0.1, -0.05) is 16.8 Å². The zero-order valence-electron chi connectivity index (χ0n) is 13.1. The lowest BCUT2D eigenvalue weighted by molar-refractivity contribution is 0.258. The number of hydrogen-bond acceptors (Lipinski definition) is 9.